The molecule has 106 valence electrons. The molecule has 3 N–H and O–H groups in total. The van der Waals surface area contributed by atoms with Gasteiger partial charge >= 0.3 is 0 Å². The van der Waals surface area contributed by atoms with Gasteiger partial charge < -0.3 is 15.7 Å². The summed E-state index contributed by atoms with van der Waals surface area (Å²) < 4.78 is 0. The van der Waals surface area contributed by atoms with Gasteiger partial charge in [-0.3, -0.25) is 9.78 Å². The van der Waals surface area contributed by atoms with Crippen molar-refractivity contribution >= 4 is 23.4 Å². The molecule has 0 fully saturated rings. The molecule has 1 aromatic heterocycles. The van der Waals surface area contributed by atoms with Gasteiger partial charge in [0.05, 0.1) is 5.60 Å². The Morgan fingerprint density at radius 2 is 2.32 bits per heavy atom. The first-order valence-corrected chi connectivity index (χ1v) is 7.57. The summed E-state index contributed by atoms with van der Waals surface area (Å²) in [6.07, 6.45) is 3.53. The van der Waals surface area contributed by atoms with Gasteiger partial charge in [0.25, 0.3) is 5.91 Å². The second-order valence-corrected chi connectivity index (χ2v) is 5.44. The van der Waals surface area contributed by atoms with Crippen LogP contribution in [0.25, 0.3) is 0 Å². The van der Waals surface area contributed by atoms with Gasteiger partial charge in [0.1, 0.15) is 5.69 Å². The molecule has 1 unspecified atom stereocenters. The third-order valence-corrected chi connectivity index (χ3v) is 3.37. The Morgan fingerprint density at radius 1 is 1.58 bits per heavy atom. The molecule has 0 aliphatic rings. The van der Waals surface area contributed by atoms with Crippen LogP contribution in [0.3, 0.4) is 0 Å². The highest BCUT2D eigenvalue weighted by atomic mass is 32.2. The summed E-state index contributed by atoms with van der Waals surface area (Å²) in [4.78, 5) is 15.7. The van der Waals surface area contributed by atoms with E-state index in [0.717, 1.165) is 5.69 Å². The van der Waals surface area contributed by atoms with Crippen LogP contribution in [0.4, 0.5) is 5.69 Å². The van der Waals surface area contributed by atoms with Crippen molar-refractivity contribution in [2.24, 2.45) is 0 Å². The average Bonchev–Trinajstić information content (AvgIpc) is 2.37. The van der Waals surface area contributed by atoms with E-state index in [1.807, 2.05) is 13.2 Å². The van der Waals surface area contributed by atoms with Gasteiger partial charge in [0.15, 0.2) is 0 Å². The summed E-state index contributed by atoms with van der Waals surface area (Å²) in [5.41, 5.74) is 0.364. The third kappa shape index (κ3) is 5.48. The first kappa shape index (κ1) is 15.8. The molecule has 19 heavy (non-hydrogen) atoms. The van der Waals surface area contributed by atoms with Gasteiger partial charge in [-0.15, -0.1) is 0 Å². The van der Waals surface area contributed by atoms with Crippen molar-refractivity contribution < 1.29 is 9.90 Å². The number of pyridine rings is 1. The van der Waals surface area contributed by atoms with Gasteiger partial charge in [0, 0.05) is 30.7 Å². The predicted molar refractivity (Wildman–Crippen MR) is 79.7 cm³/mol. The van der Waals surface area contributed by atoms with Gasteiger partial charge in [-0.1, -0.05) is 0 Å². The predicted octanol–water partition coefficient (Wildman–Crippen LogP) is 1.36. The highest BCUT2D eigenvalue weighted by Gasteiger charge is 2.19. The Kier molecular flexibility index (Phi) is 6.11. The summed E-state index contributed by atoms with van der Waals surface area (Å²) in [6.45, 7) is 4.63. The molecule has 1 heterocycles. The quantitative estimate of drug-likeness (QED) is 0.704. The van der Waals surface area contributed by atoms with E-state index >= 15 is 0 Å². The molecule has 0 radical (unpaired) electrons. The standard InChI is InChI=1S/C13H21N3O2S/c1-4-14-12(17)11-7-10(5-6-15-11)16-8-13(2,18)9-19-3/h5-7,18H,4,8-9H2,1-3H3,(H,14,17)(H,15,16). The highest BCUT2D eigenvalue weighted by molar-refractivity contribution is 7.98. The lowest BCUT2D eigenvalue weighted by Crippen LogP contribution is -2.36. The highest BCUT2D eigenvalue weighted by Crippen LogP contribution is 2.14. The van der Waals surface area contributed by atoms with E-state index in [-0.39, 0.29) is 5.91 Å². The first-order chi connectivity index (χ1) is 8.98. The number of hydrogen-bond acceptors (Lipinski definition) is 5. The normalized spacial score (nSPS) is 13.7. The fourth-order valence-corrected chi connectivity index (χ4v) is 2.29. The second-order valence-electron chi connectivity index (χ2n) is 4.57. The van der Waals surface area contributed by atoms with Crippen molar-refractivity contribution in [1.82, 2.24) is 10.3 Å². The molecule has 5 nitrogen and oxygen atoms in total. The van der Waals surface area contributed by atoms with E-state index in [4.69, 9.17) is 0 Å². The van der Waals surface area contributed by atoms with E-state index in [0.29, 0.717) is 24.5 Å². The maximum atomic E-state index is 11.6. The average molecular weight is 283 g/mol. The Morgan fingerprint density at radius 3 is 2.95 bits per heavy atom. The SMILES string of the molecule is CCNC(=O)c1cc(NCC(C)(O)CSC)ccn1. The monoisotopic (exact) mass is 283 g/mol. The maximum Gasteiger partial charge on any atom is 0.269 e. The number of thioether (sulfide) groups is 1. The van der Waals surface area contributed by atoms with Crippen LogP contribution in [0.15, 0.2) is 18.3 Å². The van der Waals surface area contributed by atoms with E-state index in [1.165, 1.54) is 0 Å². The van der Waals surface area contributed by atoms with Crippen LogP contribution in [0.1, 0.15) is 24.3 Å². The lowest BCUT2D eigenvalue weighted by molar-refractivity contribution is 0.0950. The minimum atomic E-state index is -0.783. The molecule has 0 aliphatic carbocycles. The number of carbonyl (C=O) groups excluding carboxylic acids is 1. The summed E-state index contributed by atoms with van der Waals surface area (Å²) in [7, 11) is 0. The number of hydrogen-bond donors (Lipinski definition) is 3. The van der Waals surface area contributed by atoms with Crippen molar-refractivity contribution in [1.29, 1.82) is 0 Å². The third-order valence-electron chi connectivity index (χ3n) is 2.46. The molecule has 0 aromatic carbocycles. The summed E-state index contributed by atoms with van der Waals surface area (Å²) in [6, 6.07) is 3.46. The number of rotatable bonds is 7. The van der Waals surface area contributed by atoms with Gasteiger partial charge in [-0.2, -0.15) is 11.8 Å². The molecule has 1 rings (SSSR count). The van der Waals surface area contributed by atoms with Crippen LogP contribution in [0.5, 0.6) is 0 Å². The Bertz CT molecular complexity index is 424. The van der Waals surface area contributed by atoms with Crippen molar-refractivity contribution in [2.45, 2.75) is 19.4 Å². The van der Waals surface area contributed by atoms with Crippen molar-refractivity contribution in [2.75, 3.05) is 30.4 Å². The van der Waals surface area contributed by atoms with Crippen LogP contribution in [0.2, 0.25) is 0 Å². The molecule has 0 spiro atoms. The maximum absolute atomic E-state index is 11.6. The van der Waals surface area contributed by atoms with E-state index < -0.39 is 5.60 Å². The molecule has 6 heteroatoms. The summed E-state index contributed by atoms with van der Waals surface area (Å²) in [5.74, 6) is 0.455. The largest absolute Gasteiger partial charge is 0.387 e. The van der Waals surface area contributed by atoms with E-state index in [2.05, 4.69) is 15.6 Å². The van der Waals surface area contributed by atoms with Gasteiger partial charge in [-0.25, -0.2) is 0 Å². The van der Waals surface area contributed by atoms with Crippen LogP contribution < -0.4 is 10.6 Å². The number of aliphatic hydroxyl groups is 1. The fraction of sp³-hybridized carbons (Fsp3) is 0.538. The topological polar surface area (TPSA) is 74.2 Å². The van der Waals surface area contributed by atoms with E-state index in [1.54, 1.807) is 37.0 Å². The number of nitrogens with zero attached hydrogens (tertiary/aromatic N) is 1. The van der Waals surface area contributed by atoms with Crippen molar-refractivity contribution in [3.8, 4) is 0 Å². The van der Waals surface area contributed by atoms with Gasteiger partial charge in [-0.05, 0) is 32.2 Å². The summed E-state index contributed by atoms with van der Waals surface area (Å²) >= 11 is 1.59. The minimum Gasteiger partial charge on any atom is -0.387 e. The zero-order valence-corrected chi connectivity index (χ0v) is 12.4. The summed E-state index contributed by atoms with van der Waals surface area (Å²) in [5, 5.41) is 15.9. The van der Waals surface area contributed by atoms with E-state index in [9.17, 15) is 9.90 Å². The molecule has 0 saturated carbocycles. The Hall–Kier alpha value is -1.27. The Labute approximate surface area is 118 Å². The van der Waals surface area contributed by atoms with Gasteiger partial charge in [0.2, 0.25) is 0 Å². The van der Waals surface area contributed by atoms with Crippen LogP contribution in [0, 0.1) is 0 Å². The number of anilines is 1. The van der Waals surface area contributed by atoms with Crippen LogP contribution >= 0.6 is 11.8 Å². The zero-order chi connectivity index (χ0) is 14.3. The zero-order valence-electron chi connectivity index (χ0n) is 11.6. The number of amides is 1. The van der Waals surface area contributed by atoms with Crippen molar-refractivity contribution in [3.63, 3.8) is 0 Å². The lowest BCUT2D eigenvalue weighted by atomic mass is 10.1. The number of nitrogens with one attached hydrogen (secondary N) is 2. The minimum absolute atomic E-state index is 0.193. The Balaban J connectivity index is 2.65. The first-order valence-electron chi connectivity index (χ1n) is 6.18. The molecule has 0 bridgehead atoms. The van der Waals surface area contributed by atoms with Crippen molar-refractivity contribution in [3.05, 3.63) is 24.0 Å². The second kappa shape index (κ2) is 7.35. The molecule has 1 aromatic rings. The number of carbonyl (C=O) groups is 1. The molecular formula is C13H21N3O2S. The molecular weight excluding hydrogens is 262 g/mol. The fourth-order valence-electron chi connectivity index (χ4n) is 1.57. The molecule has 1 amide bonds. The van der Waals surface area contributed by atoms with Crippen LogP contribution in [-0.4, -0.2) is 46.7 Å². The molecule has 1 atom stereocenters. The number of aromatic nitrogens is 1. The molecule has 0 saturated heterocycles. The lowest BCUT2D eigenvalue weighted by Gasteiger charge is -2.23. The molecule has 0 aliphatic heterocycles. The van der Waals surface area contributed by atoms with Crippen LogP contribution in [-0.2, 0) is 0 Å². The smallest absolute Gasteiger partial charge is 0.269 e.